The van der Waals surface area contributed by atoms with Gasteiger partial charge in [0.1, 0.15) is 5.82 Å². The Morgan fingerprint density at radius 3 is 2.54 bits per heavy atom. The highest BCUT2D eigenvalue weighted by Crippen LogP contribution is 2.32. The predicted molar refractivity (Wildman–Crippen MR) is 130 cm³/mol. The lowest BCUT2D eigenvalue weighted by Gasteiger charge is -2.35. The van der Waals surface area contributed by atoms with Crippen LogP contribution in [0.15, 0.2) is 55.0 Å². The fraction of sp³-hybridized carbons (Fsp3) is 0.385. The van der Waals surface area contributed by atoms with Crippen molar-refractivity contribution in [1.82, 2.24) is 14.8 Å². The topological polar surface area (TPSA) is 65.7 Å². The largest absolute Gasteiger partial charge is 0.417 e. The summed E-state index contributed by atoms with van der Waals surface area (Å²) in [5.74, 6) is 6.38. The van der Waals surface area contributed by atoms with E-state index in [1.54, 1.807) is 6.20 Å². The zero-order valence-electron chi connectivity index (χ0n) is 19.8. The minimum atomic E-state index is -4.57. The highest BCUT2D eigenvalue weighted by Gasteiger charge is 2.36. The molecule has 186 valence electrons. The van der Waals surface area contributed by atoms with Crippen molar-refractivity contribution in [2.24, 2.45) is 5.73 Å². The molecule has 0 saturated carbocycles. The minimum absolute atomic E-state index is 0.315. The van der Waals surface area contributed by atoms with Gasteiger partial charge >= 0.3 is 6.18 Å². The number of rotatable bonds is 7. The minimum Gasteiger partial charge on any atom is -0.403 e. The normalized spacial score (nSPS) is 14.1. The molecule has 1 amide bonds. The van der Waals surface area contributed by atoms with E-state index in [1.165, 1.54) is 29.3 Å². The number of hydrogen-bond acceptors (Lipinski definition) is 5. The standard InChI is InChI=1S/C26H30F3N5O/c1-2-3-13-32(15-12-30)14-6-7-21-10-11-24(31-20-21)33-16-18-34(19-17-33)25(35)22-8-4-5-9-23(22)26(27,28)29/h4-5,8-12,15,20H,2-3,13-14,16-19,30H2,1H3/b15-12-. The van der Waals surface area contributed by atoms with Gasteiger partial charge in [-0.25, -0.2) is 4.98 Å². The third kappa shape index (κ3) is 7.15. The molecule has 9 heteroatoms. The van der Waals surface area contributed by atoms with Crippen molar-refractivity contribution in [2.75, 3.05) is 44.2 Å². The second-order valence-corrected chi connectivity index (χ2v) is 8.19. The number of alkyl halides is 3. The number of amides is 1. The highest BCUT2D eigenvalue weighted by molar-refractivity contribution is 5.96. The van der Waals surface area contributed by atoms with E-state index in [9.17, 15) is 18.0 Å². The van der Waals surface area contributed by atoms with Crippen LogP contribution in [0.25, 0.3) is 0 Å². The molecule has 2 heterocycles. The fourth-order valence-corrected chi connectivity index (χ4v) is 3.81. The van der Waals surface area contributed by atoms with Crippen LogP contribution in [0, 0.1) is 11.8 Å². The summed E-state index contributed by atoms with van der Waals surface area (Å²) in [5, 5.41) is 0. The van der Waals surface area contributed by atoms with Gasteiger partial charge in [0.2, 0.25) is 0 Å². The molecular weight excluding hydrogens is 455 g/mol. The van der Waals surface area contributed by atoms with Gasteiger partial charge in [0.25, 0.3) is 5.91 Å². The summed E-state index contributed by atoms with van der Waals surface area (Å²) in [4.78, 5) is 22.8. The Labute approximate surface area is 204 Å². The molecule has 1 aliphatic rings. The Bertz CT molecular complexity index is 1060. The molecule has 0 spiro atoms. The van der Waals surface area contributed by atoms with Gasteiger partial charge in [0.05, 0.1) is 17.7 Å². The summed E-state index contributed by atoms with van der Waals surface area (Å²) >= 11 is 0. The number of nitrogens with zero attached hydrogens (tertiary/aromatic N) is 4. The molecule has 2 aromatic rings. The molecule has 35 heavy (non-hydrogen) atoms. The number of halogens is 3. The third-order valence-electron chi connectivity index (χ3n) is 5.71. The predicted octanol–water partition coefficient (Wildman–Crippen LogP) is 3.95. The lowest BCUT2D eigenvalue weighted by Crippen LogP contribution is -2.49. The van der Waals surface area contributed by atoms with E-state index >= 15 is 0 Å². The number of hydrogen-bond donors (Lipinski definition) is 1. The Hall–Kier alpha value is -3.67. The number of aromatic nitrogens is 1. The third-order valence-corrected chi connectivity index (χ3v) is 5.71. The Kier molecular flexibility index (Phi) is 9.01. The summed E-state index contributed by atoms with van der Waals surface area (Å²) in [5.41, 5.74) is 5.07. The van der Waals surface area contributed by atoms with Crippen molar-refractivity contribution < 1.29 is 18.0 Å². The second-order valence-electron chi connectivity index (χ2n) is 8.19. The molecule has 0 bridgehead atoms. The molecule has 3 rings (SSSR count). The maximum Gasteiger partial charge on any atom is 0.417 e. The van der Waals surface area contributed by atoms with Crippen molar-refractivity contribution in [3.63, 3.8) is 0 Å². The number of carbonyl (C=O) groups excluding carboxylic acids is 1. The molecular formula is C26H30F3N5O. The smallest absolute Gasteiger partial charge is 0.403 e. The Balaban J connectivity index is 1.57. The molecule has 0 aliphatic carbocycles. The van der Waals surface area contributed by atoms with Crippen LogP contribution in [0.3, 0.4) is 0 Å². The molecule has 0 atom stereocenters. The first-order chi connectivity index (χ1) is 16.8. The van der Waals surface area contributed by atoms with Crippen molar-refractivity contribution in [3.05, 3.63) is 71.7 Å². The first-order valence-electron chi connectivity index (χ1n) is 11.6. The zero-order valence-corrected chi connectivity index (χ0v) is 19.8. The zero-order chi connectivity index (χ0) is 25.3. The first kappa shape index (κ1) is 25.9. The molecule has 1 aromatic carbocycles. The summed E-state index contributed by atoms with van der Waals surface area (Å²) in [7, 11) is 0. The molecule has 6 nitrogen and oxygen atoms in total. The van der Waals surface area contributed by atoms with E-state index < -0.39 is 17.6 Å². The summed E-state index contributed by atoms with van der Waals surface area (Å²) in [6, 6.07) is 8.67. The van der Waals surface area contributed by atoms with Gasteiger partial charge in [0.15, 0.2) is 0 Å². The number of nitrogens with two attached hydrogens (primary N) is 1. The molecule has 1 aliphatic heterocycles. The van der Waals surface area contributed by atoms with Crippen LogP contribution in [-0.2, 0) is 6.18 Å². The summed E-state index contributed by atoms with van der Waals surface area (Å²) in [6.45, 7) is 5.20. The number of unbranched alkanes of at least 4 members (excludes halogenated alkanes) is 1. The molecule has 0 radical (unpaired) electrons. The number of benzene rings is 1. The summed E-state index contributed by atoms with van der Waals surface area (Å²) < 4.78 is 39.9. The van der Waals surface area contributed by atoms with Crippen molar-refractivity contribution in [2.45, 2.75) is 25.9 Å². The molecule has 1 saturated heterocycles. The number of carbonyl (C=O) groups is 1. The Morgan fingerprint density at radius 2 is 1.91 bits per heavy atom. The van der Waals surface area contributed by atoms with Gasteiger partial charge in [-0.15, -0.1) is 0 Å². The van der Waals surface area contributed by atoms with E-state index in [4.69, 9.17) is 5.73 Å². The molecule has 0 unspecified atom stereocenters. The monoisotopic (exact) mass is 485 g/mol. The average molecular weight is 486 g/mol. The van der Waals surface area contributed by atoms with E-state index in [0.717, 1.165) is 36.8 Å². The number of pyridine rings is 1. The van der Waals surface area contributed by atoms with Crippen LogP contribution < -0.4 is 10.6 Å². The van der Waals surface area contributed by atoms with E-state index in [1.807, 2.05) is 23.2 Å². The molecule has 2 N–H and O–H groups in total. The van der Waals surface area contributed by atoms with Crippen LogP contribution >= 0.6 is 0 Å². The van der Waals surface area contributed by atoms with Gasteiger partial charge in [-0.1, -0.05) is 37.3 Å². The number of piperazine rings is 1. The van der Waals surface area contributed by atoms with E-state index in [0.29, 0.717) is 32.7 Å². The van der Waals surface area contributed by atoms with Crippen LogP contribution in [0.5, 0.6) is 0 Å². The molecule has 1 fully saturated rings. The average Bonchev–Trinajstić information content (AvgIpc) is 2.87. The lowest BCUT2D eigenvalue weighted by molar-refractivity contribution is -0.138. The highest BCUT2D eigenvalue weighted by atomic mass is 19.4. The maximum atomic E-state index is 13.3. The second kappa shape index (κ2) is 12.2. The van der Waals surface area contributed by atoms with E-state index in [2.05, 4.69) is 28.6 Å². The van der Waals surface area contributed by atoms with Crippen LogP contribution in [0.1, 0.15) is 41.3 Å². The van der Waals surface area contributed by atoms with Gasteiger partial charge in [-0.3, -0.25) is 4.79 Å². The van der Waals surface area contributed by atoms with Crippen molar-refractivity contribution in [1.29, 1.82) is 0 Å². The van der Waals surface area contributed by atoms with Crippen LogP contribution in [-0.4, -0.2) is 60.0 Å². The Morgan fingerprint density at radius 1 is 1.17 bits per heavy atom. The van der Waals surface area contributed by atoms with Gasteiger partial charge in [-0.05, 0) is 30.7 Å². The van der Waals surface area contributed by atoms with Crippen LogP contribution in [0.2, 0.25) is 0 Å². The van der Waals surface area contributed by atoms with E-state index in [-0.39, 0.29) is 5.56 Å². The fourth-order valence-electron chi connectivity index (χ4n) is 3.81. The van der Waals surface area contributed by atoms with Crippen molar-refractivity contribution >= 4 is 11.7 Å². The quantitative estimate of drug-likeness (QED) is 0.602. The van der Waals surface area contributed by atoms with Crippen LogP contribution in [0.4, 0.5) is 19.0 Å². The molecule has 1 aromatic heterocycles. The lowest BCUT2D eigenvalue weighted by atomic mass is 10.1. The van der Waals surface area contributed by atoms with Crippen molar-refractivity contribution in [3.8, 4) is 11.8 Å². The van der Waals surface area contributed by atoms with Gasteiger partial charge in [0, 0.05) is 56.9 Å². The number of anilines is 1. The summed E-state index contributed by atoms with van der Waals surface area (Å²) in [6.07, 6.45) is 2.63. The first-order valence-corrected chi connectivity index (χ1v) is 11.6. The maximum absolute atomic E-state index is 13.3. The van der Waals surface area contributed by atoms with Gasteiger partial charge < -0.3 is 20.4 Å². The SMILES string of the molecule is CCCCN(/C=C\N)CC#Cc1ccc(N2CCN(C(=O)c3ccccc3C(F)(F)F)CC2)nc1. The van der Waals surface area contributed by atoms with Gasteiger partial charge in [-0.2, -0.15) is 13.2 Å².